The van der Waals surface area contributed by atoms with Gasteiger partial charge in [0.15, 0.2) is 5.78 Å². The molecule has 0 spiro atoms. The van der Waals surface area contributed by atoms with Crippen molar-refractivity contribution < 1.29 is 14.3 Å². The molecule has 3 aromatic carbocycles. The first kappa shape index (κ1) is 20.0. The van der Waals surface area contributed by atoms with Crippen LogP contribution in [0.25, 0.3) is 22.0 Å². The molecule has 0 saturated carbocycles. The Balaban J connectivity index is 1.65. The Hall–Kier alpha value is -3.31. The number of aromatic nitrogens is 1. The third-order valence-corrected chi connectivity index (χ3v) is 5.75. The predicted molar refractivity (Wildman–Crippen MR) is 122 cm³/mol. The lowest BCUT2D eigenvalue weighted by Gasteiger charge is -2.11. The SMILES string of the molecule is COc1ccc(C(=O)CSc2cc(-c3ccccc3)c3ccc(OC)cc3n2)cc1. The molecule has 30 heavy (non-hydrogen) atoms. The summed E-state index contributed by atoms with van der Waals surface area (Å²) in [6.07, 6.45) is 0. The van der Waals surface area contributed by atoms with Gasteiger partial charge in [0, 0.05) is 17.0 Å². The molecule has 150 valence electrons. The summed E-state index contributed by atoms with van der Waals surface area (Å²) in [5.74, 6) is 1.85. The number of pyridine rings is 1. The van der Waals surface area contributed by atoms with E-state index in [1.807, 2.05) is 36.4 Å². The zero-order valence-corrected chi connectivity index (χ0v) is 17.6. The van der Waals surface area contributed by atoms with Crippen LogP contribution in [0.1, 0.15) is 10.4 Å². The van der Waals surface area contributed by atoms with E-state index in [0.29, 0.717) is 11.3 Å². The van der Waals surface area contributed by atoms with Crippen molar-refractivity contribution in [1.29, 1.82) is 0 Å². The summed E-state index contributed by atoms with van der Waals surface area (Å²) in [6, 6.07) is 25.3. The number of ketones is 1. The molecular weight excluding hydrogens is 394 g/mol. The fraction of sp³-hybridized carbons (Fsp3) is 0.120. The van der Waals surface area contributed by atoms with Gasteiger partial charge in [0.1, 0.15) is 11.5 Å². The third kappa shape index (κ3) is 4.31. The molecule has 0 aliphatic carbocycles. The van der Waals surface area contributed by atoms with E-state index in [0.717, 1.165) is 38.6 Å². The number of thioether (sulfide) groups is 1. The van der Waals surface area contributed by atoms with E-state index in [9.17, 15) is 4.79 Å². The first-order valence-electron chi connectivity index (χ1n) is 9.52. The second-order valence-electron chi connectivity index (χ2n) is 6.70. The van der Waals surface area contributed by atoms with Crippen LogP contribution >= 0.6 is 11.8 Å². The minimum atomic E-state index is 0.0523. The normalized spacial score (nSPS) is 10.7. The standard InChI is InChI=1S/C25H21NO3S/c1-28-19-10-8-18(9-11-19)24(27)16-30-25-15-22(17-6-4-3-5-7-17)21-13-12-20(29-2)14-23(21)26-25/h3-15H,16H2,1-2H3. The van der Waals surface area contributed by atoms with Crippen molar-refractivity contribution in [1.82, 2.24) is 4.98 Å². The van der Waals surface area contributed by atoms with Crippen molar-refractivity contribution in [3.05, 3.63) is 84.4 Å². The highest BCUT2D eigenvalue weighted by atomic mass is 32.2. The van der Waals surface area contributed by atoms with Gasteiger partial charge < -0.3 is 9.47 Å². The van der Waals surface area contributed by atoms with Gasteiger partial charge in [-0.05, 0) is 53.6 Å². The quantitative estimate of drug-likeness (QED) is 0.278. The number of hydrogen-bond donors (Lipinski definition) is 0. The number of carbonyl (C=O) groups is 1. The van der Waals surface area contributed by atoms with Crippen molar-refractivity contribution in [3.63, 3.8) is 0 Å². The molecule has 0 aliphatic rings. The summed E-state index contributed by atoms with van der Waals surface area (Å²) in [4.78, 5) is 17.4. The summed E-state index contributed by atoms with van der Waals surface area (Å²) in [7, 11) is 3.25. The highest BCUT2D eigenvalue weighted by Crippen LogP contribution is 2.33. The molecule has 5 heteroatoms. The molecule has 1 aromatic heterocycles. The lowest BCUT2D eigenvalue weighted by molar-refractivity contribution is 0.102. The average Bonchev–Trinajstić information content (AvgIpc) is 2.82. The predicted octanol–water partition coefficient (Wildman–Crippen LogP) is 5.89. The number of Topliss-reactive ketones (excluding diaryl/α,β-unsaturated/α-hetero) is 1. The number of carbonyl (C=O) groups excluding carboxylic acids is 1. The Morgan fingerprint density at radius 3 is 2.27 bits per heavy atom. The Morgan fingerprint density at radius 2 is 1.57 bits per heavy atom. The fourth-order valence-corrected chi connectivity index (χ4v) is 4.05. The van der Waals surface area contributed by atoms with Crippen LogP contribution in [0.3, 0.4) is 0 Å². The molecule has 0 atom stereocenters. The molecule has 0 amide bonds. The largest absolute Gasteiger partial charge is 0.497 e. The van der Waals surface area contributed by atoms with E-state index in [1.54, 1.807) is 38.5 Å². The summed E-state index contributed by atoms with van der Waals surface area (Å²) in [6.45, 7) is 0. The fourth-order valence-electron chi connectivity index (χ4n) is 3.24. The Morgan fingerprint density at radius 1 is 0.867 bits per heavy atom. The van der Waals surface area contributed by atoms with Crippen molar-refractivity contribution in [2.75, 3.05) is 20.0 Å². The van der Waals surface area contributed by atoms with Crippen LogP contribution in [0.15, 0.2) is 83.9 Å². The second-order valence-corrected chi connectivity index (χ2v) is 7.69. The van der Waals surface area contributed by atoms with Gasteiger partial charge in [-0.2, -0.15) is 0 Å². The Bertz CT molecular complexity index is 1170. The van der Waals surface area contributed by atoms with Crippen LogP contribution < -0.4 is 9.47 Å². The van der Waals surface area contributed by atoms with E-state index in [4.69, 9.17) is 14.5 Å². The van der Waals surface area contributed by atoms with Crippen molar-refractivity contribution >= 4 is 28.4 Å². The van der Waals surface area contributed by atoms with Gasteiger partial charge in [-0.25, -0.2) is 4.98 Å². The van der Waals surface area contributed by atoms with E-state index >= 15 is 0 Å². The van der Waals surface area contributed by atoms with Crippen molar-refractivity contribution in [3.8, 4) is 22.6 Å². The Kier molecular flexibility index (Phi) is 6.00. The smallest absolute Gasteiger partial charge is 0.173 e. The van der Waals surface area contributed by atoms with Gasteiger partial charge in [-0.3, -0.25) is 4.79 Å². The number of hydrogen-bond acceptors (Lipinski definition) is 5. The molecule has 0 radical (unpaired) electrons. The lowest BCUT2D eigenvalue weighted by atomic mass is 10.0. The maximum Gasteiger partial charge on any atom is 0.173 e. The molecule has 0 fully saturated rings. The van der Waals surface area contributed by atoms with Crippen LogP contribution in [0, 0.1) is 0 Å². The summed E-state index contributed by atoms with van der Waals surface area (Å²) in [5, 5.41) is 1.85. The average molecular weight is 416 g/mol. The second kappa shape index (κ2) is 9.01. The molecular formula is C25H21NO3S. The number of methoxy groups -OCH3 is 2. The zero-order chi connectivity index (χ0) is 20.9. The van der Waals surface area contributed by atoms with Gasteiger partial charge in [-0.15, -0.1) is 0 Å². The highest BCUT2D eigenvalue weighted by molar-refractivity contribution is 7.99. The summed E-state index contributed by atoms with van der Waals surface area (Å²) < 4.78 is 10.5. The maximum atomic E-state index is 12.6. The van der Waals surface area contributed by atoms with Gasteiger partial charge in [0.2, 0.25) is 0 Å². The lowest BCUT2D eigenvalue weighted by Crippen LogP contribution is -2.02. The van der Waals surface area contributed by atoms with E-state index in [1.165, 1.54) is 11.8 Å². The van der Waals surface area contributed by atoms with Gasteiger partial charge >= 0.3 is 0 Å². The van der Waals surface area contributed by atoms with Crippen LogP contribution in [-0.2, 0) is 0 Å². The number of benzene rings is 3. The van der Waals surface area contributed by atoms with E-state index in [2.05, 4.69) is 18.2 Å². The molecule has 4 aromatic rings. The van der Waals surface area contributed by atoms with Crippen LogP contribution in [0.2, 0.25) is 0 Å². The van der Waals surface area contributed by atoms with E-state index < -0.39 is 0 Å². The molecule has 0 bridgehead atoms. The van der Waals surface area contributed by atoms with Crippen LogP contribution in [0.4, 0.5) is 0 Å². The number of rotatable bonds is 7. The molecule has 4 rings (SSSR count). The molecule has 0 N–H and O–H groups in total. The Labute approximate surface area is 179 Å². The molecule has 0 unspecified atom stereocenters. The first-order chi connectivity index (χ1) is 14.7. The van der Waals surface area contributed by atoms with Crippen molar-refractivity contribution in [2.45, 2.75) is 5.03 Å². The van der Waals surface area contributed by atoms with Crippen LogP contribution in [0.5, 0.6) is 11.5 Å². The van der Waals surface area contributed by atoms with Crippen LogP contribution in [-0.4, -0.2) is 30.7 Å². The van der Waals surface area contributed by atoms with Crippen molar-refractivity contribution in [2.24, 2.45) is 0 Å². The minimum Gasteiger partial charge on any atom is -0.497 e. The monoisotopic (exact) mass is 415 g/mol. The van der Waals surface area contributed by atoms with Gasteiger partial charge in [0.25, 0.3) is 0 Å². The highest BCUT2D eigenvalue weighted by Gasteiger charge is 2.12. The van der Waals surface area contributed by atoms with E-state index in [-0.39, 0.29) is 5.78 Å². The molecule has 0 aliphatic heterocycles. The number of ether oxygens (including phenoxy) is 2. The molecule has 0 saturated heterocycles. The third-order valence-electron chi connectivity index (χ3n) is 4.84. The first-order valence-corrected chi connectivity index (χ1v) is 10.5. The topological polar surface area (TPSA) is 48.4 Å². The maximum absolute atomic E-state index is 12.6. The number of nitrogens with zero attached hydrogens (tertiary/aromatic N) is 1. The summed E-state index contributed by atoms with van der Waals surface area (Å²) >= 11 is 1.44. The zero-order valence-electron chi connectivity index (χ0n) is 16.8. The molecule has 4 nitrogen and oxygen atoms in total. The number of fused-ring (bicyclic) bond motifs is 1. The minimum absolute atomic E-state index is 0.0523. The van der Waals surface area contributed by atoms with Gasteiger partial charge in [0.05, 0.1) is 30.5 Å². The molecule has 1 heterocycles. The summed E-state index contributed by atoms with van der Waals surface area (Å²) in [5.41, 5.74) is 3.70. The van der Waals surface area contributed by atoms with Gasteiger partial charge in [-0.1, -0.05) is 42.1 Å².